The normalized spacial score (nSPS) is 8.60. The van der Waals surface area contributed by atoms with Crippen molar-refractivity contribution in [2.75, 3.05) is 0 Å². The number of hydrogen-bond donors (Lipinski definition) is 2. The van der Waals surface area contributed by atoms with Crippen LogP contribution in [0.4, 0.5) is 0 Å². The van der Waals surface area contributed by atoms with E-state index < -0.39 is 0 Å². The number of rotatable bonds is 0. The number of benzene rings is 1. The average molecular weight is 208 g/mol. The van der Waals surface area contributed by atoms with Crippen LogP contribution in [0, 0.1) is 6.92 Å². The van der Waals surface area contributed by atoms with Crippen LogP contribution in [0.1, 0.15) is 33.4 Å². The third-order valence-electron chi connectivity index (χ3n) is 1.73. The second-order valence-electron chi connectivity index (χ2n) is 2.55. The van der Waals surface area contributed by atoms with E-state index in [1.807, 2.05) is 40.7 Å². The molecule has 3 nitrogen and oxygen atoms in total. The van der Waals surface area contributed by atoms with E-state index in [0.29, 0.717) is 0 Å². The summed E-state index contributed by atoms with van der Waals surface area (Å²) in [6.45, 7) is 9.95. The molecule has 0 atom stereocenters. The summed E-state index contributed by atoms with van der Waals surface area (Å²) in [7, 11) is 0. The number of aromatic amines is 1. The molecule has 3 heteroatoms. The standard InChI is InChI=1S/C8H8N2O.2C2H6/c1-5-7-3-2-6(11)4-8(7)10-9-5;2*1-2/h2-4,11H,1H3,(H,9,10);2*1-2H3. The lowest BCUT2D eigenvalue weighted by atomic mass is 10.2. The van der Waals surface area contributed by atoms with Crippen LogP contribution in [0.25, 0.3) is 10.9 Å². The van der Waals surface area contributed by atoms with Crippen LogP contribution in [-0.2, 0) is 0 Å². The molecule has 0 fully saturated rings. The largest absolute Gasteiger partial charge is 0.508 e. The van der Waals surface area contributed by atoms with Crippen molar-refractivity contribution in [3.63, 3.8) is 0 Å². The van der Waals surface area contributed by atoms with Crippen molar-refractivity contribution in [1.29, 1.82) is 0 Å². The van der Waals surface area contributed by atoms with Crippen molar-refractivity contribution in [2.24, 2.45) is 0 Å². The Hall–Kier alpha value is -1.51. The summed E-state index contributed by atoms with van der Waals surface area (Å²) in [5.41, 5.74) is 1.84. The molecule has 15 heavy (non-hydrogen) atoms. The zero-order valence-electron chi connectivity index (χ0n) is 10.1. The number of aromatic hydroxyl groups is 1. The number of phenolic OH excluding ortho intramolecular Hbond substituents is 1. The lowest BCUT2D eigenvalue weighted by Gasteiger charge is -1.89. The first-order valence-corrected chi connectivity index (χ1v) is 5.41. The lowest BCUT2D eigenvalue weighted by Crippen LogP contribution is -1.68. The molecule has 2 aromatic rings. The van der Waals surface area contributed by atoms with Crippen LogP contribution in [0.5, 0.6) is 5.75 Å². The summed E-state index contributed by atoms with van der Waals surface area (Å²) in [6.07, 6.45) is 0. The minimum Gasteiger partial charge on any atom is -0.508 e. The van der Waals surface area contributed by atoms with E-state index in [-0.39, 0.29) is 5.75 Å². The van der Waals surface area contributed by atoms with Gasteiger partial charge < -0.3 is 5.11 Å². The van der Waals surface area contributed by atoms with E-state index in [0.717, 1.165) is 16.6 Å². The van der Waals surface area contributed by atoms with Gasteiger partial charge in [0.05, 0.1) is 5.52 Å². The first kappa shape index (κ1) is 13.5. The molecule has 1 heterocycles. The van der Waals surface area contributed by atoms with E-state index in [1.54, 1.807) is 12.1 Å². The second-order valence-corrected chi connectivity index (χ2v) is 2.55. The van der Waals surface area contributed by atoms with Gasteiger partial charge in [-0.25, -0.2) is 0 Å². The van der Waals surface area contributed by atoms with Gasteiger partial charge in [-0.2, -0.15) is 5.10 Å². The molecular formula is C12H20N2O. The Morgan fingerprint density at radius 3 is 2.33 bits per heavy atom. The fourth-order valence-corrected chi connectivity index (χ4v) is 1.13. The monoisotopic (exact) mass is 208 g/mol. The predicted molar refractivity (Wildman–Crippen MR) is 65.2 cm³/mol. The second kappa shape index (κ2) is 6.87. The van der Waals surface area contributed by atoms with Crippen LogP contribution < -0.4 is 0 Å². The topological polar surface area (TPSA) is 48.9 Å². The van der Waals surface area contributed by atoms with Crippen LogP contribution in [0.3, 0.4) is 0 Å². The molecule has 0 aliphatic carbocycles. The van der Waals surface area contributed by atoms with Gasteiger partial charge in [0.15, 0.2) is 0 Å². The maximum Gasteiger partial charge on any atom is 0.117 e. The lowest BCUT2D eigenvalue weighted by molar-refractivity contribution is 0.476. The first-order chi connectivity index (χ1) is 7.27. The summed E-state index contributed by atoms with van der Waals surface area (Å²) in [4.78, 5) is 0. The van der Waals surface area contributed by atoms with Gasteiger partial charge >= 0.3 is 0 Å². The molecule has 0 unspecified atom stereocenters. The van der Waals surface area contributed by atoms with Gasteiger partial charge in [0.2, 0.25) is 0 Å². The number of nitrogens with zero attached hydrogens (tertiary/aromatic N) is 1. The Kier molecular flexibility index (Phi) is 6.18. The zero-order chi connectivity index (χ0) is 11.8. The fraction of sp³-hybridized carbons (Fsp3) is 0.417. The maximum atomic E-state index is 9.09. The van der Waals surface area contributed by atoms with E-state index in [4.69, 9.17) is 5.11 Å². The van der Waals surface area contributed by atoms with Gasteiger partial charge in [-0.05, 0) is 19.1 Å². The van der Waals surface area contributed by atoms with Gasteiger partial charge in [-0.1, -0.05) is 27.7 Å². The number of aryl methyl sites for hydroxylation is 1. The van der Waals surface area contributed by atoms with E-state index >= 15 is 0 Å². The third kappa shape index (κ3) is 3.27. The zero-order valence-corrected chi connectivity index (χ0v) is 10.1. The van der Waals surface area contributed by atoms with Crippen LogP contribution in [0.2, 0.25) is 0 Å². The van der Waals surface area contributed by atoms with Crippen LogP contribution >= 0.6 is 0 Å². The highest BCUT2D eigenvalue weighted by Gasteiger charge is 1.99. The average Bonchev–Trinajstić information content (AvgIpc) is 2.65. The molecule has 0 saturated heterocycles. The number of fused-ring (bicyclic) bond motifs is 1. The van der Waals surface area contributed by atoms with Crippen molar-refractivity contribution in [3.05, 3.63) is 23.9 Å². The molecule has 0 amide bonds. The van der Waals surface area contributed by atoms with Crippen molar-refractivity contribution in [3.8, 4) is 5.75 Å². The molecule has 0 spiro atoms. The van der Waals surface area contributed by atoms with E-state index in [1.165, 1.54) is 0 Å². The molecule has 0 aliphatic heterocycles. The van der Waals surface area contributed by atoms with Crippen molar-refractivity contribution >= 4 is 10.9 Å². The van der Waals surface area contributed by atoms with E-state index in [2.05, 4.69) is 10.2 Å². The Bertz CT molecular complexity index is 393. The summed E-state index contributed by atoms with van der Waals surface area (Å²) in [5, 5.41) is 17.0. The molecule has 2 N–H and O–H groups in total. The molecule has 2 rings (SSSR count). The van der Waals surface area contributed by atoms with E-state index in [9.17, 15) is 0 Å². The quantitative estimate of drug-likeness (QED) is 0.694. The van der Waals surface area contributed by atoms with Gasteiger partial charge in [-0.15, -0.1) is 0 Å². The highest BCUT2D eigenvalue weighted by Crippen LogP contribution is 2.19. The SMILES string of the molecule is CC.CC.Cc1[nH]nc2cc(O)ccc12. The van der Waals surface area contributed by atoms with Gasteiger partial charge in [-0.3, -0.25) is 5.10 Å². The van der Waals surface area contributed by atoms with Crippen LogP contribution in [-0.4, -0.2) is 15.3 Å². The highest BCUT2D eigenvalue weighted by atomic mass is 16.3. The highest BCUT2D eigenvalue weighted by molar-refractivity contribution is 5.82. The minimum absolute atomic E-state index is 0.254. The Morgan fingerprint density at radius 1 is 1.13 bits per heavy atom. The first-order valence-electron chi connectivity index (χ1n) is 5.41. The van der Waals surface area contributed by atoms with Gasteiger partial charge in [0, 0.05) is 17.1 Å². The Labute approximate surface area is 91.1 Å². The summed E-state index contributed by atoms with van der Waals surface area (Å²) in [6, 6.07) is 5.15. The molecular weight excluding hydrogens is 188 g/mol. The van der Waals surface area contributed by atoms with Crippen molar-refractivity contribution < 1.29 is 5.11 Å². The Balaban J connectivity index is 0.000000442. The molecule has 84 valence electrons. The summed E-state index contributed by atoms with van der Waals surface area (Å²) < 4.78 is 0. The summed E-state index contributed by atoms with van der Waals surface area (Å²) in [5.74, 6) is 0.254. The molecule has 0 bridgehead atoms. The Morgan fingerprint density at radius 2 is 1.73 bits per heavy atom. The fourth-order valence-electron chi connectivity index (χ4n) is 1.13. The number of phenols is 1. The number of aromatic nitrogens is 2. The number of hydrogen-bond acceptors (Lipinski definition) is 2. The van der Waals surface area contributed by atoms with Gasteiger partial charge in [0.25, 0.3) is 0 Å². The van der Waals surface area contributed by atoms with Crippen molar-refractivity contribution in [1.82, 2.24) is 10.2 Å². The smallest absolute Gasteiger partial charge is 0.117 e. The summed E-state index contributed by atoms with van der Waals surface area (Å²) >= 11 is 0. The number of H-pyrrole nitrogens is 1. The molecule has 1 aromatic heterocycles. The van der Waals surface area contributed by atoms with Crippen LogP contribution in [0.15, 0.2) is 18.2 Å². The third-order valence-corrected chi connectivity index (χ3v) is 1.73. The number of nitrogens with one attached hydrogen (secondary N) is 1. The molecule has 0 radical (unpaired) electrons. The van der Waals surface area contributed by atoms with Crippen molar-refractivity contribution in [2.45, 2.75) is 34.6 Å². The van der Waals surface area contributed by atoms with Gasteiger partial charge in [0.1, 0.15) is 5.75 Å². The predicted octanol–water partition coefficient (Wildman–Crippen LogP) is 3.63. The maximum absolute atomic E-state index is 9.09. The molecule has 0 saturated carbocycles. The minimum atomic E-state index is 0.254. The molecule has 1 aromatic carbocycles. The molecule has 0 aliphatic rings.